The quantitative estimate of drug-likeness (QED) is 0.824. The molecule has 4 nitrogen and oxygen atoms in total. The number of aryl methyl sites for hydroxylation is 1. The topological polar surface area (TPSA) is 59.3 Å². The molecule has 16 heavy (non-hydrogen) atoms. The van der Waals surface area contributed by atoms with Gasteiger partial charge in [-0.25, -0.2) is 4.79 Å². The summed E-state index contributed by atoms with van der Waals surface area (Å²) in [6.45, 7) is 0. The van der Waals surface area contributed by atoms with E-state index < -0.39 is 11.4 Å². The SMILES string of the molecule is Cn1cc(C(=O)O)c(=O)c2ccc(Cl)cc21. The number of halogens is 1. The number of rotatable bonds is 1. The smallest absolute Gasteiger partial charge is 0.341 e. The van der Waals surface area contributed by atoms with E-state index >= 15 is 0 Å². The molecule has 0 saturated heterocycles. The first-order chi connectivity index (χ1) is 7.50. The zero-order valence-corrected chi connectivity index (χ0v) is 9.15. The molecule has 0 bridgehead atoms. The third kappa shape index (κ3) is 1.57. The highest BCUT2D eigenvalue weighted by molar-refractivity contribution is 6.31. The number of hydrogen-bond donors (Lipinski definition) is 1. The molecule has 5 heteroatoms. The number of fused-ring (bicyclic) bond motifs is 1. The number of carboxylic acid groups (broad SMARTS) is 1. The molecule has 0 spiro atoms. The highest BCUT2D eigenvalue weighted by atomic mass is 35.5. The minimum absolute atomic E-state index is 0.239. The van der Waals surface area contributed by atoms with Crippen molar-refractivity contribution in [3.63, 3.8) is 0 Å². The van der Waals surface area contributed by atoms with Crippen LogP contribution in [-0.2, 0) is 7.05 Å². The Bertz CT molecular complexity index is 645. The van der Waals surface area contributed by atoms with Crippen molar-refractivity contribution >= 4 is 28.5 Å². The molecular weight excluding hydrogens is 230 g/mol. The Hall–Kier alpha value is -1.81. The molecule has 0 aliphatic rings. The molecule has 0 aliphatic heterocycles. The van der Waals surface area contributed by atoms with Crippen LogP contribution in [0.25, 0.3) is 10.9 Å². The van der Waals surface area contributed by atoms with Crippen molar-refractivity contribution in [3.05, 3.63) is 45.2 Å². The molecule has 2 rings (SSSR count). The summed E-state index contributed by atoms with van der Waals surface area (Å²) in [5, 5.41) is 9.72. The van der Waals surface area contributed by atoms with E-state index in [1.807, 2.05) is 0 Å². The molecule has 1 aromatic carbocycles. The van der Waals surface area contributed by atoms with Crippen LogP contribution in [0, 0.1) is 0 Å². The zero-order chi connectivity index (χ0) is 11.9. The third-order valence-electron chi connectivity index (χ3n) is 2.38. The van der Waals surface area contributed by atoms with Gasteiger partial charge in [0.15, 0.2) is 0 Å². The number of hydrogen-bond acceptors (Lipinski definition) is 2. The largest absolute Gasteiger partial charge is 0.477 e. The lowest BCUT2D eigenvalue weighted by atomic mass is 10.1. The second kappa shape index (κ2) is 3.64. The molecule has 82 valence electrons. The first-order valence-corrected chi connectivity index (χ1v) is 4.90. The summed E-state index contributed by atoms with van der Waals surface area (Å²) in [4.78, 5) is 22.6. The summed E-state index contributed by atoms with van der Waals surface area (Å²) in [5.41, 5.74) is -0.114. The monoisotopic (exact) mass is 237 g/mol. The minimum Gasteiger partial charge on any atom is -0.477 e. The molecular formula is C11H8ClNO3. The van der Waals surface area contributed by atoms with E-state index in [0.29, 0.717) is 15.9 Å². The van der Waals surface area contributed by atoms with Crippen molar-refractivity contribution in [1.29, 1.82) is 0 Å². The molecule has 1 aromatic heterocycles. The van der Waals surface area contributed by atoms with Gasteiger partial charge < -0.3 is 9.67 Å². The van der Waals surface area contributed by atoms with Gasteiger partial charge >= 0.3 is 5.97 Å². The van der Waals surface area contributed by atoms with Crippen molar-refractivity contribution in [2.45, 2.75) is 0 Å². The van der Waals surface area contributed by atoms with Crippen molar-refractivity contribution in [2.75, 3.05) is 0 Å². The van der Waals surface area contributed by atoms with Gasteiger partial charge in [0.05, 0.1) is 5.52 Å². The van der Waals surface area contributed by atoms with Crippen molar-refractivity contribution < 1.29 is 9.90 Å². The van der Waals surface area contributed by atoms with Crippen LogP contribution in [0.3, 0.4) is 0 Å². The summed E-state index contributed by atoms with van der Waals surface area (Å²) in [6.07, 6.45) is 1.29. The number of nitrogens with zero attached hydrogens (tertiary/aromatic N) is 1. The van der Waals surface area contributed by atoms with E-state index in [2.05, 4.69) is 0 Å². The normalized spacial score (nSPS) is 10.6. The first-order valence-electron chi connectivity index (χ1n) is 4.53. The highest BCUT2D eigenvalue weighted by Gasteiger charge is 2.12. The van der Waals surface area contributed by atoms with Crippen molar-refractivity contribution in [3.8, 4) is 0 Å². The number of aromatic nitrogens is 1. The van der Waals surface area contributed by atoms with Crippen molar-refractivity contribution in [2.24, 2.45) is 7.05 Å². The van der Waals surface area contributed by atoms with Crippen LogP contribution in [0.2, 0.25) is 5.02 Å². The molecule has 1 N–H and O–H groups in total. The molecule has 1 heterocycles. The van der Waals surface area contributed by atoms with E-state index in [1.54, 1.807) is 23.7 Å². The maximum Gasteiger partial charge on any atom is 0.341 e. The van der Waals surface area contributed by atoms with Crippen LogP contribution in [-0.4, -0.2) is 15.6 Å². The molecule has 0 unspecified atom stereocenters. The average molecular weight is 238 g/mol. The Morgan fingerprint density at radius 3 is 2.75 bits per heavy atom. The lowest BCUT2D eigenvalue weighted by Gasteiger charge is -2.06. The maximum absolute atomic E-state index is 11.8. The van der Waals surface area contributed by atoms with Gasteiger partial charge in [-0.15, -0.1) is 0 Å². The molecule has 0 amide bonds. The summed E-state index contributed by atoms with van der Waals surface area (Å²) in [5.74, 6) is -1.22. The molecule has 0 radical (unpaired) electrons. The van der Waals surface area contributed by atoms with Crippen LogP contribution in [0.15, 0.2) is 29.2 Å². The van der Waals surface area contributed by atoms with Crippen molar-refractivity contribution in [1.82, 2.24) is 4.57 Å². The standard InChI is InChI=1S/C11H8ClNO3/c1-13-5-8(11(15)16)10(14)7-3-2-6(12)4-9(7)13/h2-5H,1H3,(H,15,16). The van der Waals surface area contributed by atoms with Gasteiger partial charge in [-0.2, -0.15) is 0 Å². The van der Waals surface area contributed by atoms with Gasteiger partial charge in [-0.05, 0) is 18.2 Å². The fourth-order valence-corrected chi connectivity index (χ4v) is 1.77. The average Bonchev–Trinajstić information content (AvgIpc) is 2.22. The second-order valence-corrected chi connectivity index (χ2v) is 3.89. The van der Waals surface area contributed by atoms with Gasteiger partial charge in [-0.1, -0.05) is 11.6 Å². The van der Waals surface area contributed by atoms with E-state index in [4.69, 9.17) is 16.7 Å². The number of carbonyl (C=O) groups is 1. The molecule has 0 saturated carbocycles. The van der Waals surface area contributed by atoms with E-state index in [-0.39, 0.29) is 5.56 Å². The van der Waals surface area contributed by atoms with Gasteiger partial charge in [-0.3, -0.25) is 4.79 Å². The van der Waals surface area contributed by atoms with Gasteiger partial charge in [0.25, 0.3) is 0 Å². The van der Waals surface area contributed by atoms with Crippen LogP contribution >= 0.6 is 11.6 Å². The third-order valence-corrected chi connectivity index (χ3v) is 2.62. The van der Waals surface area contributed by atoms with Gasteiger partial charge in [0, 0.05) is 23.7 Å². The maximum atomic E-state index is 11.8. The second-order valence-electron chi connectivity index (χ2n) is 3.45. The number of aromatic carboxylic acids is 1. The Morgan fingerprint density at radius 1 is 1.44 bits per heavy atom. The van der Waals surface area contributed by atoms with Gasteiger partial charge in [0.1, 0.15) is 5.56 Å². The molecule has 2 aromatic rings. The van der Waals surface area contributed by atoms with E-state index in [1.165, 1.54) is 12.3 Å². The van der Waals surface area contributed by atoms with E-state index in [0.717, 1.165) is 0 Å². The lowest BCUT2D eigenvalue weighted by molar-refractivity contribution is 0.0695. The van der Waals surface area contributed by atoms with Gasteiger partial charge in [0.2, 0.25) is 5.43 Å². The highest BCUT2D eigenvalue weighted by Crippen LogP contribution is 2.16. The number of carboxylic acids is 1. The van der Waals surface area contributed by atoms with E-state index in [9.17, 15) is 9.59 Å². The Morgan fingerprint density at radius 2 is 2.12 bits per heavy atom. The predicted molar refractivity (Wildman–Crippen MR) is 61.2 cm³/mol. The first kappa shape index (κ1) is 10.7. The Kier molecular flexibility index (Phi) is 2.44. The summed E-state index contributed by atoms with van der Waals surface area (Å²) in [7, 11) is 1.67. The fourth-order valence-electron chi connectivity index (χ4n) is 1.61. The Labute approximate surface area is 95.7 Å². The predicted octanol–water partition coefficient (Wildman–Crippen LogP) is 1.89. The summed E-state index contributed by atoms with van der Waals surface area (Å²) >= 11 is 5.81. The minimum atomic E-state index is -1.22. The molecule has 0 atom stereocenters. The van der Waals surface area contributed by atoms with Crippen LogP contribution in [0.4, 0.5) is 0 Å². The van der Waals surface area contributed by atoms with Crippen LogP contribution in [0.1, 0.15) is 10.4 Å². The molecule has 0 aliphatic carbocycles. The van der Waals surface area contributed by atoms with Crippen LogP contribution < -0.4 is 5.43 Å². The summed E-state index contributed by atoms with van der Waals surface area (Å²) in [6, 6.07) is 4.73. The lowest BCUT2D eigenvalue weighted by Crippen LogP contribution is -2.17. The molecule has 0 fully saturated rings. The zero-order valence-electron chi connectivity index (χ0n) is 8.40. The number of benzene rings is 1. The Balaban J connectivity index is 2.96. The van der Waals surface area contributed by atoms with Crippen LogP contribution in [0.5, 0.6) is 0 Å². The summed E-state index contributed by atoms with van der Waals surface area (Å²) < 4.78 is 1.58. The fraction of sp³-hybridized carbons (Fsp3) is 0.0909. The number of pyridine rings is 1.